The van der Waals surface area contributed by atoms with Gasteiger partial charge in [-0.1, -0.05) is 42.8 Å². The number of hydrogen-bond donors (Lipinski definition) is 2. The van der Waals surface area contributed by atoms with Crippen LogP contribution in [0.15, 0.2) is 63.5 Å². The van der Waals surface area contributed by atoms with Crippen LogP contribution in [-0.4, -0.2) is 61.5 Å². The topological polar surface area (TPSA) is 83.1 Å². The van der Waals surface area contributed by atoms with Crippen molar-refractivity contribution >= 4 is 23.9 Å². The Morgan fingerprint density at radius 2 is 2.00 bits per heavy atom. The van der Waals surface area contributed by atoms with Gasteiger partial charge in [0.15, 0.2) is 0 Å². The summed E-state index contributed by atoms with van der Waals surface area (Å²) in [5.74, 6) is -4.34. The normalized spacial score (nSPS) is 24.2. The minimum Gasteiger partial charge on any atom is -0.394 e. The van der Waals surface area contributed by atoms with E-state index < -0.39 is 48.5 Å². The van der Waals surface area contributed by atoms with Crippen molar-refractivity contribution in [1.29, 1.82) is 0 Å². The molecule has 2 heterocycles. The standard InChI is InChI=1S/C27H32F5N5O/c1-17-7-6-8-19(11-17)21(14-34-3)24(33)25(38)37-16-26(28,29)12-18(2)22(37)15-36-23-10-5-4-9-20(13-35-23)27(30,31)32/h6-11,13-14,18,22,36H,4-5,12,15-16,33H2,1-3H3/b20-9-,23-10?,24-21?,34-14?,35-13?/t18-,22?/m1/s1. The molecule has 1 saturated heterocycles. The van der Waals surface area contributed by atoms with Crippen molar-refractivity contribution in [3.8, 4) is 0 Å². The van der Waals surface area contributed by atoms with Crippen LogP contribution < -0.4 is 11.1 Å². The number of benzene rings is 1. The number of rotatable bonds is 6. The van der Waals surface area contributed by atoms with Gasteiger partial charge in [-0.15, -0.1) is 0 Å². The summed E-state index contributed by atoms with van der Waals surface area (Å²) in [4.78, 5) is 22.5. The summed E-state index contributed by atoms with van der Waals surface area (Å²) in [6.07, 6.45) is 0.366. The maximum absolute atomic E-state index is 14.6. The molecule has 0 aromatic heterocycles. The summed E-state index contributed by atoms with van der Waals surface area (Å²) in [6.45, 7) is 2.65. The van der Waals surface area contributed by atoms with Crippen LogP contribution >= 0.6 is 0 Å². The summed E-state index contributed by atoms with van der Waals surface area (Å²) in [5, 5.41) is 2.95. The van der Waals surface area contributed by atoms with E-state index in [1.807, 2.05) is 19.1 Å². The Morgan fingerprint density at radius 3 is 2.66 bits per heavy atom. The molecule has 0 saturated carbocycles. The van der Waals surface area contributed by atoms with Gasteiger partial charge in [0.05, 0.1) is 18.2 Å². The minimum atomic E-state index is -4.53. The number of carbonyl (C=O) groups is 1. The summed E-state index contributed by atoms with van der Waals surface area (Å²) in [7, 11) is 1.51. The quantitative estimate of drug-likeness (QED) is 0.304. The van der Waals surface area contributed by atoms with Crippen LogP contribution in [0.25, 0.3) is 5.57 Å². The second-order valence-corrected chi connectivity index (χ2v) is 9.58. The lowest BCUT2D eigenvalue weighted by atomic mass is 9.88. The highest BCUT2D eigenvalue weighted by Gasteiger charge is 2.46. The molecule has 1 aromatic rings. The van der Waals surface area contributed by atoms with Crippen LogP contribution in [0.2, 0.25) is 0 Å². The Morgan fingerprint density at radius 1 is 1.29 bits per heavy atom. The van der Waals surface area contributed by atoms with Crippen molar-refractivity contribution in [1.82, 2.24) is 10.2 Å². The molecule has 0 radical (unpaired) electrons. The Balaban J connectivity index is 1.89. The average Bonchev–Trinajstić information content (AvgIpc) is 2.80. The van der Waals surface area contributed by atoms with E-state index in [4.69, 9.17) is 5.73 Å². The van der Waals surface area contributed by atoms with E-state index in [0.717, 1.165) is 22.8 Å². The van der Waals surface area contributed by atoms with Gasteiger partial charge in [-0.3, -0.25) is 9.79 Å². The summed E-state index contributed by atoms with van der Waals surface area (Å²) < 4.78 is 68.6. The van der Waals surface area contributed by atoms with Gasteiger partial charge in [-0.25, -0.2) is 13.8 Å². The first-order chi connectivity index (χ1) is 17.8. The number of hydrogen-bond acceptors (Lipinski definition) is 5. The van der Waals surface area contributed by atoms with E-state index in [0.29, 0.717) is 17.6 Å². The van der Waals surface area contributed by atoms with Gasteiger partial charge >= 0.3 is 6.18 Å². The summed E-state index contributed by atoms with van der Waals surface area (Å²) in [6, 6.07) is 6.51. The Hall–Kier alpha value is -3.50. The van der Waals surface area contributed by atoms with Gasteiger partial charge in [0.1, 0.15) is 11.5 Å². The third-order valence-electron chi connectivity index (χ3n) is 6.48. The lowest BCUT2D eigenvalue weighted by Gasteiger charge is -2.43. The lowest BCUT2D eigenvalue weighted by molar-refractivity contribution is -0.148. The van der Waals surface area contributed by atoms with Gasteiger partial charge in [-0.05, 0) is 37.3 Å². The zero-order chi connectivity index (χ0) is 28.1. The van der Waals surface area contributed by atoms with Crippen molar-refractivity contribution in [2.45, 2.75) is 51.3 Å². The van der Waals surface area contributed by atoms with E-state index in [1.165, 1.54) is 13.3 Å². The monoisotopic (exact) mass is 537 g/mol. The first-order valence-electron chi connectivity index (χ1n) is 12.3. The highest BCUT2D eigenvalue weighted by atomic mass is 19.4. The molecule has 2 atom stereocenters. The molecule has 1 amide bonds. The summed E-state index contributed by atoms with van der Waals surface area (Å²) in [5.41, 5.74) is 7.05. The molecule has 2 aliphatic heterocycles. The average molecular weight is 538 g/mol. The van der Waals surface area contributed by atoms with Crippen molar-refractivity contribution in [3.05, 3.63) is 64.6 Å². The number of nitrogens with two attached hydrogens (primary N) is 1. The second-order valence-electron chi connectivity index (χ2n) is 9.58. The van der Waals surface area contributed by atoms with Crippen molar-refractivity contribution < 1.29 is 26.7 Å². The van der Waals surface area contributed by atoms with E-state index in [-0.39, 0.29) is 24.5 Å². The number of alkyl halides is 5. The number of likely N-dealkylation sites (tertiary alicyclic amines) is 1. The molecule has 2 aliphatic rings. The van der Waals surface area contributed by atoms with E-state index in [9.17, 15) is 26.7 Å². The maximum atomic E-state index is 14.6. The van der Waals surface area contributed by atoms with E-state index >= 15 is 0 Å². The Kier molecular flexibility index (Phi) is 9.11. The molecule has 1 unspecified atom stereocenters. The van der Waals surface area contributed by atoms with Crippen molar-refractivity contribution in [3.63, 3.8) is 0 Å². The molecule has 3 N–H and O–H groups in total. The van der Waals surface area contributed by atoms with Crippen LogP contribution in [0.5, 0.6) is 0 Å². The number of nitrogens with zero attached hydrogens (tertiary/aromatic N) is 3. The highest BCUT2D eigenvalue weighted by molar-refractivity contribution is 6.18. The molecule has 206 valence electrons. The molecule has 38 heavy (non-hydrogen) atoms. The SMILES string of the molecule is CN=CC(=C(N)C(=O)N1CC(F)(F)C[C@@H](C)C1CNC1=CCC/C=C(\C(F)(F)F)C=N1)c1cccc(C)c1. The van der Waals surface area contributed by atoms with Crippen molar-refractivity contribution in [2.75, 3.05) is 20.1 Å². The number of amides is 1. The largest absolute Gasteiger partial charge is 0.417 e. The van der Waals surface area contributed by atoms with E-state index in [1.54, 1.807) is 25.1 Å². The number of aliphatic imine (C=N–C) groups is 2. The predicted molar refractivity (Wildman–Crippen MR) is 139 cm³/mol. The number of carbonyl (C=O) groups excluding carboxylic acids is 1. The predicted octanol–water partition coefficient (Wildman–Crippen LogP) is 5.02. The van der Waals surface area contributed by atoms with Gasteiger partial charge < -0.3 is 16.0 Å². The lowest BCUT2D eigenvalue weighted by Crippen LogP contribution is -2.59. The third kappa shape index (κ3) is 7.29. The molecule has 0 spiro atoms. The van der Waals surface area contributed by atoms with Crippen LogP contribution in [0, 0.1) is 12.8 Å². The molecule has 0 aliphatic carbocycles. The minimum absolute atomic E-state index is 0.00610. The highest BCUT2D eigenvalue weighted by Crippen LogP contribution is 2.35. The number of aryl methyl sites for hydroxylation is 1. The van der Waals surface area contributed by atoms with Crippen LogP contribution in [0.3, 0.4) is 0 Å². The number of piperidine rings is 1. The van der Waals surface area contributed by atoms with E-state index in [2.05, 4.69) is 15.3 Å². The zero-order valence-electron chi connectivity index (χ0n) is 21.5. The number of nitrogens with one attached hydrogen (secondary N) is 1. The molecule has 6 nitrogen and oxygen atoms in total. The zero-order valence-corrected chi connectivity index (χ0v) is 21.5. The van der Waals surface area contributed by atoms with Crippen LogP contribution in [-0.2, 0) is 4.79 Å². The van der Waals surface area contributed by atoms with Crippen molar-refractivity contribution in [2.24, 2.45) is 21.6 Å². The fourth-order valence-electron chi connectivity index (χ4n) is 4.61. The van der Waals surface area contributed by atoms with Crippen LogP contribution in [0.4, 0.5) is 22.0 Å². The second kappa shape index (κ2) is 11.9. The van der Waals surface area contributed by atoms with Gasteiger partial charge in [0.2, 0.25) is 0 Å². The first-order valence-corrected chi connectivity index (χ1v) is 12.3. The molecule has 0 bridgehead atoms. The smallest absolute Gasteiger partial charge is 0.394 e. The maximum Gasteiger partial charge on any atom is 0.417 e. The molecular formula is C27H32F5N5O. The molecule has 11 heteroatoms. The fourth-order valence-corrected chi connectivity index (χ4v) is 4.61. The summed E-state index contributed by atoms with van der Waals surface area (Å²) >= 11 is 0. The molecule has 1 aromatic carbocycles. The first kappa shape index (κ1) is 29.1. The van der Waals surface area contributed by atoms with Gasteiger partial charge in [0, 0.05) is 38.0 Å². The van der Waals surface area contributed by atoms with Gasteiger partial charge in [0.25, 0.3) is 11.8 Å². The molecule has 1 fully saturated rings. The van der Waals surface area contributed by atoms with Crippen LogP contribution in [0.1, 0.15) is 37.3 Å². The Labute approximate surface area is 218 Å². The molecule has 3 rings (SSSR count). The Bertz CT molecular complexity index is 1180. The fraction of sp³-hybridized carbons (Fsp3) is 0.444. The number of allylic oxidation sites excluding steroid dienone is 4. The van der Waals surface area contributed by atoms with Gasteiger partial charge in [-0.2, -0.15) is 13.2 Å². The third-order valence-corrected chi connectivity index (χ3v) is 6.48. The number of halogens is 5. The molecular weight excluding hydrogens is 505 g/mol.